The highest BCUT2D eigenvalue weighted by atomic mass is 15.2. The topological polar surface area (TPSA) is 28.2 Å². The van der Waals surface area contributed by atoms with Crippen LogP contribution in [0, 0.1) is 0 Å². The Morgan fingerprint density at radius 1 is 1.25 bits per heavy atom. The standard InChI is InChI=1S/C17H25N3/c1-5-10-20(4)17-11-14(12-18-13(2)3)15-8-6-7-9-16(15)19-17/h6-9,11,13,18H,5,10,12H2,1-4H3. The first kappa shape index (κ1) is 14.8. The summed E-state index contributed by atoms with van der Waals surface area (Å²) in [5.41, 5.74) is 2.40. The van der Waals surface area contributed by atoms with Crippen molar-refractivity contribution in [3.05, 3.63) is 35.9 Å². The average molecular weight is 271 g/mol. The fraction of sp³-hybridized carbons (Fsp3) is 0.471. The Labute approximate surface area is 122 Å². The van der Waals surface area contributed by atoms with Gasteiger partial charge < -0.3 is 10.2 Å². The SMILES string of the molecule is CCCN(C)c1cc(CNC(C)C)c2ccccc2n1. The molecule has 0 aliphatic rings. The zero-order valence-electron chi connectivity index (χ0n) is 13.0. The fourth-order valence-electron chi connectivity index (χ4n) is 2.34. The van der Waals surface area contributed by atoms with Crippen molar-refractivity contribution < 1.29 is 0 Å². The number of pyridine rings is 1. The Hall–Kier alpha value is -1.61. The van der Waals surface area contributed by atoms with Crippen LogP contribution in [0.3, 0.4) is 0 Å². The lowest BCUT2D eigenvalue weighted by Crippen LogP contribution is -2.23. The van der Waals surface area contributed by atoms with Crippen LogP contribution in [0.4, 0.5) is 5.82 Å². The Bertz CT molecular complexity index is 563. The van der Waals surface area contributed by atoms with Gasteiger partial charge in [-0.05, 0) is 24.1 Å². The highest BCUT2D eigenvalue weighted by Gasteiger charge is 2.08. The molecule has 3 nitrogen and oxygen atoms in total. The second kappa shape index (κ2) is 6.71. The molecular formula is C17H25N3. The molecule has 1 heterocycles. The molecule has 1 aromatic carbocycles. The van der Waals surface area contributed by atoms with E-state index in [1.807, 2.05) is 0 Å². The quantitative estimate of drug-likeness (QED) is 0.870. The van der Waals surface area contributed by atoms with Gasteiger partial charge in [-0.15, -0.1) is 0 Å². The van der Waals surface area contributed by atoms with Gasteiger partial charge in [-0.25, -0.2) is 4.98 Å². The van der Waals surface area contributed by atoms with Gasteiger partial charge in [0.25, 0.3) is 0 Å². The minimum absolute atomic E-state index is 0.485. The summed E-state index contributed by atoms with van der Waals surface area (Å²) in [5.74, 6) is 1.06. The van der Waals surface area contributed by atoms with Gasteiger partial charge in [0.15, 0.2) is 0 Å². The Balaban J connectivity index is 2.40. The average Bonchev–Trinajstić information content (AvgIpc) is 2.44. The Morgan fingerprint density at radius 3 is 2.70 bits per heavy atom. The van der Waals surface area contributed by atoms with Gasteiger partial charge in [-0.1, -0.05) is 39.0 Å². The Morgan fingerprint density at radius 2 is 2.00 bits per heavy atom. The second-order valence-corrected chi connectivity index (χ2v) is 5.61. The minimum atomic E-state index is 0.485. The van der Waals surface area contributed by atoms with Crippen molar-refractivity contribution in [1.82, 2.24) is 10.3 Å². The maximum absolute atomic E-state index is 4.78. The largest absolute Gasteiger partial charge is 0.360 e. The molecule has 0 saturated heterocycles. The molecule has 0 amide bonds. The van der Waals surface area contributed by atoms with Crippen LogP contribution in [-0.2, 0) is 6.54 Å². The maximum atomic E-state index is 4.78. The fourth-order valence-corrected chi connectivity index (χ4v) is 2.34. The number of nitrogens with zero attached hydrogens (tertiary/aromatic N) is 2. The zero-order valence-corrected chi connectivity index (χ0v) is 13.0. The predicted molar refractivity (Wildman–Crippen MR) is 87.3 cm³/mol. The van der Waals surface area contributed by atoms with Crippen LogP contribution in [-0.4, -0.2) is 24.6 Å². The Kier molecular flexibility index (Phi) is 4.96. The molecule has 0 aliphatic heterocycles. The number of nitrogens with one attached hydrogen (secondary N) is 1. The van der Waals surface area contributed by atoms with Gasteiger partial charge in [-0.2, -0.15) is 0 Å². The number of aromatic nitrogens is 1. The van der Waals surface area contributed by atoms with E-state index in [0.717, 1.165) is 30.8 Å². The lowest BCUT2D eigenvalue weighted by molar-refractivity contribution is 0.590. The molecule has 0 fully saturated rings. The maximum Gasteiger partial charge on any atom is 0.129 e. The van der Waals surface area contributed by atoms with Gasteiger partial charge in [0, 0.05) is 31.6 Å². The molecule has 3 heteroatoms. The summed E-state index contributed by atoms with van der Waals surface area (Å²) in [4.78, 5) is 7.01. The van der Waals surface area contributed by atoms with E-state index in [1.54, 1.807) is 0 Å². The highest BCUT2D eigenvalue weighted by molar-refractivity contribution is 5.84. The van der Waals surface area contributed by atoms with E-state index in [2.05, 4.69) is 68.4 Å². The summed E-state index contributed by atoms with van der Waals surface area (Å²) in [6.45, 7) is 8.45. The summed E-state index contributed by atoms with van der Waals surface area (Å²) in [6, 6.07) is 11.1. The van der Waals surface area contributed by atoms with E-state index in [9.17, 15) is 0 Å². The molecule has 0 aliphatic carbocycles. The number of rotatable bonds is 6. The lowest BCUT2D eigenvalue weighted by atomic mass is 10.1. The number of para-hydroxylation sites is 1. The number of benzene rings is 1. The van der Waals surface area contributed by atoms with Crippen LogP contribution in [0.1, 0.15) is 32.8 Å². The van der Waals surface area contributed by atoms with Crippen LogP contribution in [0.25, 0.3) is 10.9 Å². The number of hydrogen-bond donors (Lipinski definition) is 1. The van der Waals surface area contributed by atoms with Crippen LogP contribution in [0.2, 0.25) is 0 Å². The molecule has 2 rings (SSSR count). The van der Waals surface area contributed by atoms with Crippen molar-refractivity contribution in [1.29, 1.82) is 0 Å². The molecule has 0 saturated carbocycles. The molecule has 0 unspecified atom stereocenters. The van der Waals surface area contributed by atoms with E-state index < -0.39 is 0 Å². The van der Waals surface area contributed by atoms with Gasteiger partial charge in [0.05, 0.1) is 5.52 Å². The first-order chi connectivity index (χ1) is 9.61. The summed E-state index contributed by atoms with van der Waals surface area (Å²) in [6.07, 6.45) is 1.13. The van der Waals surface area contributed by atoms with Crippen LogP contribution in [0.5, 0.6) is 0 Å². The third-order valence-electron chi connectivity index (χ3n) is 3.44. The zero-order chi connectivity index (χ0) is 14.5. The molecule has 1 aromatic heterocycles. The van der Waals surface area contributed by atoms with Crippen molar-refractivity contribution in [3.8, 4) is 0 Å². The molecule has 0 atom stereocenters. The van der Waals surface area contributed by atoms with Gasteiger partial charge in [0.2, 0.25) is 0 Å². The van der Waals surface area contributed by atoms with E-state index in [-0.39, 0.29) is 0 Å². The number of fused-ring (bicyclic) bond motifs is 1. The summed E-state index contributed by atoms with van der Waals surface area (Å²) in [7, 11) is 2.11. The van der Waals surface area contributed by atoms with Gasteiger partial charge in [0.1, 0.15) is 5.82 Å². The first-order valence-corrected chi connectivity index (χ1v) is 7.45. The summed E-state index contributed by atoms with van der Waals surface area (Å²) in [5, 5.41) is 4.75. The van der Waals surface area contributed by atoms with Gasteiger partial charge in [-0.3, -0.25) is 0 Å². The van der Waals surface area contributed by atoms with E-state index in [1.165, 1.54) is 10.9 Å². The molecule has 0 spiro atoms. The molecule has 20 heavy (non-hydrogen) atoms. The molecule has 0 radical (unpaired) electrons. The van der Waals surface area contributed by atoms with E-state index >= 15 is 0 Å². The summed E-state index contributed by atoms with van der Waals surface area (Å²) >= 11 is 0. The predicted octanol–water partition coefficient (Wildman–Crippen LogP) is 3.58. The second-order valence-electron chi connectivity index (χ2n) is 5.61. The molecule has 0 bridgehead atoms. The van der Waals surface area contributed by atoms with Crippen molar-refractivity contribution in [2.24, 2.45) is 0 Å². The third kappa shape index (κ3) is 3.48. The normalized spacial score (nSPS) is 11.2. The lowest BCUT2D eigenvalue weighted by Gasteiger charge is -2.20. The molecular weight excluding hydrogens is 246 g/mol. The smallest absolute Gasteiger partial charge is 0.129 e. The van der Waals surface area contributed by atoms with Crippen LogP contribution in [0.15, 0.2) is 30.3 Å². The molecule has 1 N–H and O–H groups in total. The first-order valence-electron chi connectivity index (χ1n) is 7.45. The van der Waals surface area contributed by atoms with E-state index in [4.69, 9.17) is 4.98 Å². The molecule has 108 valence electrons. The summed E-state index contributed by atoms with van der Waals surface area (Å²) < 4.78 is 0. The van der Waals surface area contributed by atoms with Crippen LogP contribution >= 0.6 is 0 Å². The highest BCUT2D eigenvalue weighted by Crippen LogP contribution is 2.22. The van der Waals surface area contributed by atoms with Crippen molar-refractivity contribution >= 4 is 16.7 Å². The third-order valence-corrected chi connectivity index (χ3v) is 3.44. The van der Waals surface area contributed by atoms with Crippen molar-refractivity contribution in [3.63, 3.8) is 0 Å². The van der Waals surface area contributed by atoms with E-state index in [0.29, 0.717) is 6.04 Å². The van der Waals surface area contributed by atoms with Crippen molar-refractivity contribution in [2.75, 3.05) is 18.5 Å². The van der Waals surface area contributed by atoms with Gasteiger partial charge >= 0.3 is 0 Å². The molecule has 2 aromatic rings. The minimum Gasteiger partial charge on any atom is -0.360 e. The van der Waals surface area contributed by atoms with Crippen molar-refractivity contribution in [2.45, 2.75) is 39.8 Å². The monoisotopic (exact) mass is 271 g/mol. The number of hydrogen-bond acceptors (Lipinski definition) is 3. The van der Waals surface area contributed by atoms with Crippen LogP contribution < -0.4 is 10.2 Å². The number of anilines is 1.